The lowest BCUT2D eigenvalue weighted by atomic mass is 10.0. The molecular formula is C42H82NO8P. The number of phosphoric ester groups is 1. The second kappa shape index (κ2) is 39.4. The quantitative estimate of drug-likeness (QED) is 0.0270. The molecule has 0 aromatic carbocycles. The van der Waals surface area contributed by atoms with Crippen LogP contribution in [0.2, 0.25) is 0 Å². The van der Waals surface area contributed by atoms with Crippen LogP contribution in [0.4, 0.5) is 0 Å². The SMILES string of the molecule is CCCCCCCCC/C=C\CCCCCCCC(=O)OC[C@H](COP(=O)(O)OCCN)OC(=O)CCCCCCCCCCCCCCCCC. The van der Waals surface area contributed by atoms with E-state index in [2.05, 4.69) is 26.0 Å². The van der Waals surface area contributed by atoms with Crippen molar-refractivity contribution in [3.8, 4) is 0 Å². The van der Waals surface area contributed by atoms with Crippen molar-refractivity contribution in [1.82, 2.24) is 0 Å². The monoisotopic (exact) mass is 760 g/mol. The Bertz CT molecular complexity index is 871. The Balaban J connectivity index is 4.14. The van der Waals surface area contributed by atoms with Gasteiger partial charge in [0.05, 0.1) is 13.2 Å². The zero-order valence-electron chi connectivity index (χ0n) is 33.8. The summed E-state index contributed by atoms with van der Waals surface area (Å²) in [5.41, 5.74) is 5.34. The van der Waals surface area contributed by atoms with Crippen molar-refractivity contribution in [2.24, 2.45) is 5.73 Å². The number of esters is 2. The summed E-state index contributed by atoms with van der Waals surface area (Å²) in [7, 11) is -4.37. The summed E-state index contributed by atoms with van der Waals surface area (Å²) in [6.45, 7) is 3.75. The minimum absolute atomic E-state index is 0.0552. The smallest absolute Gasteiger partial charge is 0.462 e. The summed E-state index contributed by atoms with van der Waals surface area (Å²) in [4.78, 5) is 34.8. The number of phosphoric acid groups is 1. The van der Waals surface area contributed by atoms with Crippen LogP contribution in [-0.2, 0) is 32.7 Å². The molecule has 0 saturated heterocycles. The molecule has 52 heavy (non-hydrogen) atoms. The van der Waals surface area contributed by atoms with E-state index in [-0.39, 0.29) is 38.6 Å². The Hall–Kier alpha value is -1.25. The van der Waals surface area contributed by atoms with Gasteiger partial charge in [-0.1, -0.05) is 174 Å². The maximum absolute atomic E-state index is 12.6. The summed E-state index contributed by atoms with van der Waals surface area (Å²) in [6, 6.07) is 0. The lowest BCUT2D eigenvalue weighted by Crippen LogP contribution is -2.29. The molecule has 0 aromatic rings. The molecule has 3 N–H and O–H groups in total. The van der Waals surface area contributed by atoms with Crippen LogP contribution in [0, 0.1) is 0 Å². The molecule has 0 aromatic heterocycles. The number of carbonyl (C=O) groups excluding carboxylic acids is 2. The van der Waals surface area contributed by atoms with Gasteiger partial charge in [-0.3, -0.25) is 18.6 Å². The molecule has 0 rings (SSSR count). The van der Waals surface area contributed by atoms with E-state index in [0.29, 0.717) is 6.42 Å². The highest BCUT2D eigenvalue weighted by Crippen LogP contribution is 2.43. The van der Waals surface area contributed by atoms with E-state index >= 15 is 0 Å². The molecule has 0 aliphatic carbocycles. The Kier molecular flexibility index (Phi) is 38.5. The molecule has 0 radical (unpaired) electrons. The fourth-order valence-electron chi connectivity index (χ4n) is 6.16. The van der Waals surface area contributed by atoms with Crippen molar-refractivity contribution >= 4 is 19.8 Å². The Morgan fingerprint density at radius 3 is 1.37 bits per heavy atom. The van der Waals surface area contributed by atoms with Crippen molar-refractivity contribution in [2.45, 2.75) is 219 Å². The van der Waals surface area contributed by atoms with Gasteiger partial charge in [-0.2, -0.15) is 0 Å². The van der Waals surface area contributed by atoms with Gasteiger partial charge in [0.25, 0.3) is 0 Å². The molecule has 0 aliphatic heterocycles. The third-order valence-electron chi connectivity index (χ3n) is 9.40. The van der Waals surface area contributed by atoms with Gasteiger partial charge in [0.1, 0.15) is 6.61 Å². The average Bonchev–Trinajstić information content (AvgIpc) is 3.13. The molecule has 1 unspecified atom stereocenters. The van der Waals surface area contributed by atoms with Crippen LogP contribution in [-0.4, -0.2) is 49.3 Å². The molecule has 2 atom stereocenters. The van der Waals surface area contributed by atoms with Crippen LogP contribution in [0.3, 0.4) is 0 Å². The summed E-state index contributed by atoms with van der Waals surface area (Å²) in [6.07, 6.45) is 39.5. The van der Waals surface area contributed by atoms with Crippen molar-refractivity contribution < 1.29 is 37.6 Å². The van der Waals surface area contributed by atoms with E-state index in [9.17, 15) is 19.0 Å². The maximum Gasteiger partial charge on any atom is 0.472 e. The molecule has 308 valence electrons. The highest BCUT2D eigenvalue weighted by atomic mass is 31.2. The normalized spacial score (nSPS) is 13.4. The Labute approximate surface area is 319 Å². The van der Waals surface area contributed by atoms with Gasteiger partial charge in [0.2, 0.25) is 0 Å². The summed E-state index contributed by atoms with van der Waals surface area (Å²) in [5.74, 6) is -0.828. The van der Waals surface area contributed by atoms with Crippen molar-refractivity contribution in [3.63, 3.8) is 0 Å². The molecule has 0 bridgehead atoms. The molecule has 9 nitrogen and oxygen atoms in total. The van der Waals surface area contributed by atoms with Crippen LogP contribution in [0.1, 0.15) is 213 Å². The van der Waals surface area contributed by atoms with Crippen molar-refractivity contribution in [1.29, 1.82) is 0 Å². The predicted molar refractivity (Wildman–Crippen MR) is 215 cm³/mol. The number of carbonyl (C=O) groups is 2. The average molecular weight is 760 g/mol. The minimum Gasteiger partial charge on any atom is -0.462 e. The standard InChI is InChI=1S/C42H82NO8P/c1-3-5-7-9-11-13-15-17-19-21-22-24-26-28-30-32-34-41(44)48-38-40(39-50-52(46,47)49-37-36-43)51-42(45)35-33-31-29-27-25-23-20-18-16-14-12-10-8-6-4-2/h19,21,40H,3-18,20,22-39,43H2,1-2H3,(H,46,47)/b21-19-/t40-/m1/s1. The Morgan fingerprint density at radius 1 is 0.558 bits per heavy atom. The highest BCUT2D eigenvalue weighted by molar-refractivity contribution is 7.47. The second-order valence-electron chi connectivity index (χ2n) is 14.6. The van der Waals surface area contributed by atoms with E-state index in [1.807, 2.05) is 0 Å². The van der Waals surface area contributed by atoms with Crippen molar-refractivity contribution in [2.75, 3.05) is 26.4 Å². The molecule has 0 aliphatic rings. The summed E-state index contributed by atoms with van der Waals surface area (Å²) < 4.78 is 32.8. The van der Waals surface area contributed by atoms with Gasteiger partial charge in [0.15, 0.2) is 6.10 Å². The second-order valence-corrected chi connectivity index (χ2v) is 16.0. The predicted octanol–water partition coefficient (Wildman–Crippen LogP) is 12.2. The number of ether oxygens (including phenoxy) is 2. The minimum atomic E-state index is -4.37. The number of allylic oxidation sites excluding steroid dienone is 2. The first kappa shape index (κ1) is 50.8. The van der Waals surface area contributed by atoms with Gasteiger partial charge in [-0.25, -0.2) is 4.57 Å². The number of hydrogen-bond donors (Lipinski definition) is 2. The maximum atomic E-state index is 12.6. The first-order valence-corrected chi connectivity index (χ1v) is 23.2. The van der Waals surface area contributed by atoms with Gasteiger partial charge in [0, 0.05) is 19.4 Å². The fourth-order valence-corrected chi connectivity index (χ4v) is 6.92. The Morgan fingerprint density at radius 2 is 0.942 bits per heavy atom. The van der Waals surface area contributed by atoms with E-state index in [0.717, 1.165) is 51.4 Å². The van der Waals surface area contributed by atoms with E-state index < -0.39 is 26.5 Å². The molecule has 0 saturated carbocycles. The highest BCUT2D eigenvalue weighted by Gasteiger charge is 2.26. The molecule has 0 fully saturated rings. The zero-order valence-corrected chi connectivity index (χ0v) is 34.7. The van der Waals surface area contributed by atoms with Gasteiger partial charge in [-0.15, -0.1) is 0 Å². The third-order valence-corrected chi connectivity index (χ3v) is 10.4. The molecule has 0 spiro atoms. The topological polar surface area (TPSA) is 134 Å². The first-order chi connectivity index (χ1) is 25.3. The molecular weight excluding hydrogens is 677 g/mol. The van der Waals surface area contributed by atoms with Crippen LogP contribution in [0.15, 0.2) is 12.2 Å². The molecule has 0 amide bonds. The van der Waals surface area contributed by atoms with E-state index in [1.165, 1.54) is 128 Å². The lowest BCUT2D eigenvalue weighted by Gasteiger charge is -2.19. The summed E-state index contributed by atoms with van der Waals surface area (Å²) >= 11 is 0. The largest absolute Gasteiger partial charge is 0.472 e. The van der Waals surface area contributed by atoms with Gasteiger partial charge >= 0.3 is 19.8 Å². The van der Waals surface area contributed by atoms with Crippen molar-refractivity contribution in [3.05, 3.63) is 12.2 Å². The number of rotatable bonds is 41. The lowest BCUT2D eigenvalue weighted by molar-refractivity contribution is -0.161. The van der Waals surface area contributed by atoms with Gasteiger partial charge in [-0.05, 0) is 38.5 Å². The summed E-state index contributed by atoms with van der Waals surface area (Å²) in [5, 5.41) is 0. The molecule has 0 heterocycles. The zero-order chi connectivity index (χ0) is 38.2. The number of hydrogen-bond acceptors (Lipinski definition) is 8. The fraction of sp³-hybridized carbons (Fsp3) is 0.905. The van der Waals surface area contributed by atoms with Crippen LogP contribution >= 0.6 is 7.82 Å². The van der Waals surface area contributed by atoms with Crippen LogP contribution < -0.4 is 5.73 Å². The van der Waals surface area contributed by atoms with E-state index in [1.54, 1.807) is 0 Å². The van der Waals surface area contributed by atoms with Gasteiger partial charge < -0.3 is 20.1 Å². The molecule has 10 heteroatoms. The number of unbranched alkanes of at least 4 members (excludes halogenated alkanes) is 26. The third kappa shape index (κ3) is 38.5. The van der Waals surface area contributed by atoms with Crippen LogP contribution in [0.5, 0.6) is 0 Å². The van der Waals surface area contributed by atoms with Crippen LogP contribution in [0.25, 0.3) is 0 Å². The van der Waals surface area contributed by atoms with E-state index in [4.69, 9.17) is 24.3 Å². The number of nitrogens with two attached hydrogens (primary N) is 1. The first-order valence-electron chi connectivity index (χ1n) is 21.7.